The molecule has 2 heterocycles. The third-order valence-corrected chi connectivity index (χ3v) is 5.53. The molecule has 1 aromatic carbocycles. The van der Waals surface area contributed by atoms with Crippen molar-refractivity contribution in [3.05, 3.63) is 34.1 Å². The van der Waals surface area contributed by atoms with Crippen LogP contribution in [0.2, 0.25) is 0 Å². The Labute approximate surface area is 124 Å². The lowest BCUT2D eigenvalue weighted by atomic mass is 10.0. The van der Waals surface area contributed by atoms with Crippen molar-refractivity contribution in [3.8, 4) is 0 Å². The fourth-order valence-corrected chi connectivity index (χ4v) is 4.60. The van der Waals surface area contributed by atoms with E-state index in [1.807, 2.05) is 12.1 Å². The van der Waals surface area contributed by atoms with Crippen LogP contribution in [0.1, 0.15) is 31.2 Å². The van der Waals surface area contributed by atoms with Crippen molar-refractivity contribution in [2.75, 3.05) is 0 Å². The van der Waals surface area contributed by atoms with Crippen LogP contribution in [0.15, 0.2) is 22.7 Å². The minimum Gasteiger partial charge on any atom is -0.293 e. The van der Waals surface area contributed by atoms with Gasteiger partial charge in [0.05, 0.1) is 4.47 Å². The molecule has 1 aromatic rings. The van der Waals surface area contributed by atoms with Gasteiger partial charge in [0.2, 0.25) is 0 Å². The fourth-order valence-electron chi connectivity index (χ4n) is 3.31. The van der Waals surface area contributed by atoms with Crippen molar-refractivity contribution in [2.45, 2.75) is 49.1 Å². The Bertz CT molecular complexity index is 437. The molecule has 2 aliphatic heterocycles. The van der Waals surface area contributed by atoms with Gasteiger partial charge >= 0.3 is 0 Å². The average Bonchev–Trinajstić information content (AvgIpc) is 2.58. The van der Waals surface area contributed by atoms with Gasteiger partial charge in [0.25, 0.3) is 0 Å². The maximum atomic E-state index is 13.2. The molecule has 98 valence electrons. The second-order valence-corrected chi connectivity index (χ2v) is 7.52. The predicted molar refractivity (Wildman–Crippen MR) is 78.4 cm³/mol. The van der Waals surface area contributed by atoms with Crippen LogP contribution in [-0.4, -0.2) is 21.8 Å². The SMILES string of the molecule is Fc1ccc(CN2C3CCC2CC(Br)C3)cc1Br. The Morgan fingerprint density at radius 3 is 2.50 bits per heavy atom. The van der Waals surface area contributed by atoms with E-state index in [1.165, 1.54) is 31.2 Å². The maximum Gasteiger partial charge on any atom is 0.137 e. The van der Waals surface area contributed by atoms with Crippen LogP contribution in [0.3, 0.4) is 0 Å². The Morgan fingerprint density at radius 2 is 1.89 bits per heavy atom. The van der Waals surface area contributed by atoms with Crippen molar-refractivity contribution in [1.29, 1.82) is 0 Å². The largest absolute Gasteiger partial charge is 0.293 e. The predicted octanol–water partition coefficient (Wildman–Crippen LogP) is 4.48. The van der Waals surface area contributed by atoms with Gasteiger partial charge in [0.15, 0.2) is 0 Å². The lowest BCUT2D eigenvalue weighted by Gasteiger charge is -2.37. The third-order valence-electron chi connectivity index (χ3n) is 4.18. The van der Waals surface area contributed by atoms with Gasteiger partial charge in [-0.2, -0.15) is 0 Å². The van der Waals surface area contributed by atoms with Crippen molar-refractivity contribution >= 4 is 31.9 Å². The summed E-state index contributed by atoms with van der Waals surface area (Å²) < 4.78 is 13.8. The highest BCUT2D eigenvalue weighted by molar-refractivity contribution is 9.10. The van der Waals surface area contributed by atoms with Gasteiger partial charge in [-0.15, -0.1) is 0 Å². The van der Waals surface area contributed by atoms with Crippen LogP contribution < -0.4 is 0 Å². The first kappa shape index (κ1) is 13.1. The zero-order valence-corrected chi connectivity index (χ0v) is 13.3. The van der Waals surface area contributed by atoms with Crippen LogP contribution in [0.25, 0.3) is 0 Å². The van der Waals surface area contributed by atoms with Crippen LogP contribution >= 0.6 is 31.9 Å². The number of hydrogen-bond donors (Lipinski definition) is 0. The monoisotopic (exact) mass is 375 g/mol. The summed E-state index contributed by atoms with van der Waals surface area (Å²) in [5.41, 5.74) is 1.20. The molecule has 3 rings (SSSR count). The van der Waals surface area contributed by atoms with Crippen molar-refractivity contribution in [3.63, 3.8) is 0 Å². The standard InChI is InChI=1S/C14H16Br2FN/c15-10-6-11-2-3-12(7-10)18(11)8-9-1-4-14(17)13(16)5-9/h1,4-5,10-12H,2-3,6-8H2. The highest BCUT2D eigenvalue weighted by Crippen LogP contribution is 2.39. The quantitative estimate of drug-likeness (QED) is 0.688. The maximum absolute atomic E-state index is 13.2. The van der Waals surface area contributed by atoms with E-state index in [2.05, 4.69) is 36.8 Å². The lowest BCUT2D eigenvalue weighted by molar-refractivity contribution is 0.137. The first-order chi connectivity index (χ1) is 8.63. The minimum atomic E-state index is -0.180. The van der Waals surface area contributed by atoms with Gasteiger partial charge in [-0.1, -0.05) is 22.0 Å². The smallest absolute Gasteiger partial charge is 0.137 e. The summed E-state index contributed by atoms with van der Waals surface area (Å²) in [5.74, 6) is -0.180. The van der Waals surface area contributed by atoms with Crippen molar-refractivity contribution in [1.82, 2.24) is 4.90 Å². The van der Waals surface area contributed by atoms with E-state index in [4.69, 9.17) is 0 Å². The summed E-state index contributed by atoms with van der Waals surface area (Å²) in [6.45, 7) is 0.952. The van der Waals surface area contributed by atoms with Gasteiger partial charge in [-0.05, 0) is 59.3 Å². The second kappa shape index (κ2) is 5.22. The molecule has 2 fully saturated rings. The molecule has 0 N–H and O–H groups in total. The molecular weight excluding hydrogens is 361 g/mol. The topological polar surface area (TPSA) is 3.24 Å². The molecular formula is C14H16Br2FN. The summed E-state index contributed by atoms with van der Waals surface area (Å²) in [5, 5.41) is 0. The van der Waals surface area contributed by atoms with Gasteiger partial charge in [-0.25, -0.2) is 4.39 Å². The molecule has 18 heavy (non-hydrogen) atoms. The first-order valence-electron chi connectivity index (χ1n) is 6.47. The summed E-state index contributed by atoms with van der Waals surface area (Å²) in [6.07, 6.45) is 5.13. The van der Waals surface area contributed by atoms with E-state index in [9.17, 15) is 4.39 Å². The van der Waals surface area contributed by atoms with Crippen LogP contribution in [0, 0.1) is 5.82 Å². The normalized spacial score (nSPS) is 31.8. The van der Waals surface area contributed by atoms with E-state index in [0.717, 1.165) is 6.54 Å². The summed E-state index contributed by atoms with van der Waals surface area (Å²) in [4.78, 5) is 3.29. The highest BCUT2D eigenvalue weighted by Gasteiger charge is 2.39. The first-order valence-corrected chi connectivity index (χ1v) is 8.18. The van der Waals surface area contributed by atoms with Gasteiger partial charge in [0, 0.05) is 23.5 Å². The third kappa shape index (κ3) is 2.52. The number of benzene rings is 1. The van der Waals surface area contributed by atoms with Crippen molar-refractivity contribution in [2.24, 2.45) is 0 Å². The molecule has 0 radical (unpaired) electrons. The molecule has 4 heteroatoms. The van der Waals surface area contributed by atoms with Crippen LogP contribution in [0.4, 0.5) is 4.39 Å². The number of halogens is 3. The number of alkyl halides is 1. The summed E-state index contributed by atoms with van der Waals surface area (Å²) >= 11 is 7.02. The molecule has 2 atom stereocenters. The van der Waals surface area contributed by atoms with Crippen LogP contribution in [-0.2, 0) is 6.54 Å². The van der Waals surface area contributed by atoms with E-state index in [-0.39, 0.29) is 5.82 Å². The molecule has 2 unspecified atom stereocenters. The zero-order chi connectivity index (χ0) is 12.7. The number of nitrogens with zero attached hydrogens (tertiary/aromatic N) is 1. The second-order valence-electron chi connectivity index (χ2n) is 5.37. The summed E-state index contributed by atoms with van der Waals surface area (Å²) in [7, 11) is 0. The highest BCUT2D eigenvalue weighted by atomic mass is 79.9. The zero-order valence-electron chi connectivity index (χ0n) is 10.1. The molecule has 2 aliphatic rings. The molecule has 0 saturated carbocycles. The molecule has 2 bridgehead atoms. The van der Waals surface area contributed by atoms with Crippen LogP contribution in [0.5, 0.6) is 0 Å². The Hall–Kier alpha value is 0.0700. The minimum absolute atomic E-state index is 0.180. The number of hydrogen-bond acceptors (Lipinski definition) is 1. The van der Waals surface area contributed by atoms with E-state index in [1.54, 1.807) is 6.07 Å². The van der Waals surface area contributed by atoms with Gasteiger partial charge in [0.1, 0.15) is 5.82 Å². The molecule has 0 spiro atoms. The Kier molecular flexibility index (Phi) is 3.79. The Balaban J connectivity index is 1.75. The van der Waals surface area contributed by atoms with Gasteiger partial charge < -0.3 is 0 Å². The molecule has 1 nitrogen and oxygen atoms in total. The van der Waals surface area contributed by atoms with E-state index < -0.39 is 0 Å². The number of rotatable bonds is 2. The fraction of sp³-hybridized carbons (Fsp3) is 0.571. The number of fused-ring (bicyclic) bond motifs is 2. The van der Waals surface area contributed by atoms with Gasteiger partial charge in [-0.3, -0.25) is 4.90 Å². The average molecular weight is 377 g/mol. The molecule has 0 aliphatic carbocycles. The lowest BCUT2D eigenvalue weighted by Crippen LogP contribution is -2.42. The van der Waals surface area contributed by atoms with E-state index >= 15 is 0 Å². The molecule has 2 saturated heterocycles. The number of piperidine rings is 1. The molecule has 0 amide bonds. The van der Waals surface area contributed by atoms with Crippen molar-refractivity contribution < 1.29 is 4.39 Å². The summed E-state index contributed by atoms with van der Waals surface area (Å²) in [6, 6.07) is 6.78. The van der Waals surface area contributed by atoms with E-state index in [0.29, 0.717) is 21.4 Å². The molecule has 0 aromatic heterocycles. The Morgan fingerprint density at radius 1 is 1.22 bits per heavy atom.